The van der Waals surface area contributed by atoms with Crippen molar-refractivity contribution < 1.29 is 4.79 Å². The number of hydrogen-bond acceptors (Lipinski definition) is 1. The third-order valence-electron chi connectivity index (χ3n) is 2.53. The Kier molecular flexibility index (Phi) is 6.38. The molecule has 94 valence electrons. The average Bonchev–Trinajstić information content (AvgIpc) is 2.33. The van der Waals surface area contributed by atoms with Crippen molar-refractivity contribution in [3.63, 3.8) is 0 Å². The second kappa shape index (κ2) is 7.57. The second-order valence-corrected chi connectivity index (χ2v) is 4.69. The molecule has 1 atom stereocenters. The molecule has 17 heavy (non-hydrogen) atoms. The molecule has 0 fully saturated rings. The first-order chi connectivity index (χ1) is 8.17. The molecule has 0 spiro atoms. The maximum absolute atomic E-state index is 11.6. The van der Waals surface area contributed by atoms with Crippen molar-refractivity contribution in [2.45, 2.75) is 32.2 Å². The van der Waals surface area contributed by atoms with Gasteiger partial charge in [-0.05, 0) is 30.5 Å². The molecular weight excluding hydrogens is 257 g/mol. The van der Waals surface area contributed by atoms with Gasteiger partial charge in [-0.25, -0.2) is 0 Å². The summed E-state index contributed by atoms with van der Waals surface area (Å²) < 4.78 is 0. The summed E-state index contributed by atoms with van der Waals surface area (Å²) in [4.78, 5) is 11.6. The van der Waals surface area contributed by atoms with Crippen LogP contribution in [0.5, 0.6) is 0 Å². The molecule has 0 aliphatic heterocycles. The molecule has 0 saturated heterocycles. The third-order valence-corrected chi connectivity index (χ3v) is 3.03. The van der Waals surface area contributed by atoms with Crippen molar-refractivity contribution >= 4 is 29.1 Å². The molecule has 4 heteroatoms. The lowest BCUT2D eigenvalue weighted by Gasteiger charge is -2.17. The highest BCUT2D eigenvalue weighted by atomic mass is 35.5. The lowest BCUT2D eigenvalue weighted by Crippen LogP contribution is -2.27. The van der Waals surface area contributed by atoms with Gasteiger partial charge in [0.2, 0.25) is 5.91 Å². The van der Waals surface area contributed by atoms with Crippen molar-refractivity contribution in [3.05, 3.63) is 34.9 Å². The number of benzene rings is 1. The fraction of sp³-hybridized carbons (Fsp3) is 0.462. The van der Waals surface area contributed by atoms with Crippen LogP contribution in [0.4, 0.5) is 0 Å². The summed E-state index contributed by atoms with van der Waals surface area (Å²) in [7, 11) is 0. The van der Waals surface area contributed by atoms with E-state index in [0.29, 0.717) is 23.7 Å². The van der Waals surface area contributed by atoms with Gasteiger partial charge in [0.05, 0.1) is 6.04 Å². The number of halogens is 2. The topological polar surface area (TPSA) is 29.1 Å². The lowest BCUT2D eigenvalue weighted by atomic mass is 10.0. The van der Waals surface area contributed by atoms with Gasteiger partial charge in [-0.1, -0.05) is 30.7 Å². The van der Waals surface area contributed by atoms with Crippen LogP contribution in [-0.2, 0) is 4.79 Å². The largest absolute Gasteiger partial charge is 0.349 e. The summed E-state index contributed by atoms with van der Waals surface area (Å²) >= 11 is 11.5. The van der Waals surface area contributed by atoms with Crippen LogP contribution in [0.25, 0.3) is 0 Å². The number of carbonyl (C=O) groups excluding carboxylic acids is 1. The summed E-state index contributed by atoms with van der Waals surface area (Å²) in [5.74, 6) is 0.555. The van der Waals surface area contributed by atoms with Gasteiger partial charge in [-0.3, -0.25) is 4.79 Å². The maximum Gasteiger partial charge on any atom is 0.220 e. The number of nitrogens with one attached hydrogen (secondary N) is 1. The maximum atomic E-state index is 11.6. The first-order valence-electron chi connectivity index (χ1n) is 5.78. The monoisotopic (exact) mass is 273 g/mol. The van der Waals surface area contributed by atoms with Gasteiger partial charge in [0.25, 0.3) is 0 Å². The number of rotatable bonds is 6. The van der Waals surface area contributed by atoms with Crippen LogP contribution in [0.2, 0.25) is 5.02 Å². The molecule has 0 aliphatic carbocycles. The van der Waals surface area contributed by atoms with Crippen LogP contribution in [0.3, 0.4) is 0 Å². The predicted molar refractivity (Wildman–Crippen MR) is 72.6 cm³/mol. The highest BCUT2D eigenvalue weighted by Gasteiger charge is 2.12. The molecule has 1 rings (SSSR count). The van der Waals surface area contributed by atoms with Crippen molar-refractivity contribution in [3.8, 4) is 0 Å². The van der Waals surface area contributed by atoms with Crippen molar-refractivity contribution in [2.75, 3.05) is 5.88 Å². The first kappa shape index (κ1) is 14.3. The fourth-order valence-electron chi connectivity index (χ4n) is 1.64. The molecular formula is C13H17Cl2NO. The van der Waals surface area contributed by atoms with Gasteiger partial charge in [-0.2, -0.15) is 0 Å². The van der Waals surface area contributed by atoms with E-state index in [-0.39, 0.29) is 11.9 Å². The van der Waals surface area contributed by atoms with Gasteiger partial charge in [-0.15, -0.1) is 11.6 Å². The zero-order valence-corrected chi connectivity index (χ0v) is 11.4. The van der Waals surface area contributed by atoms with E-state index < -0.39 is 0 Å². The molecule has 2 nitrogen and oxygen atoms in total. The number of carbonyl (C=O) groups is 1. The number of amides is 1. The Morgan fingerprint density at radius 3 is 2.82 bits per heavy atom. The summed E-state index contributed by atoms with van der Waals surface area (Å²) in [5, 5.41) is 3.68. The highest BCUT2D eigenvalue weighted by Crippen LogP contribution is 2.20. The molecule has 0 heterocycles. The zero-order valence-electron chi connectivity index (χ0n) is 9.88. The van der Waals surface area contributed by atoms with E-state index in [4.69, 9.17) is 23.2 Å². The van der Waals surface area contributed by atoms with Crippen LogP contribution in [-0.4, -0.2) is 11.8 Å². The number of alkyl halides is 1. The SMILES string of the molecule is CCC(NC(=O)CCCCl)c1cccc(Cl)c1. The predicted octanol–water partition coefficient (Wildman–Crippen LogP) is 3.93. The standard InChI is InChI=1S/C13H17Cl2NO/c1-2-12(16-13(17)7-4-8-14)10-5-3-6-11(15)9-10/h3,5-6,9,12H,2,4,7-8H2,1H3,(H,16,17). The van der Waals surface area contributed by atoms with Crippen LogP contribution in [0, 0.1) is 0 Å². The lowest BCUT2D eigenvalue weighted by molar-refractivity contribution is -0.121. The van der Waals surface area contributed by atoms with E-state index in [1.807, 2.05) is 31.2 Å². The van der Waals surface area contributed by atoms with Gasteiger partial charge >= 0.3 is 0 Å². The van der Waals surface area contributed by atoms with E-state index in [9.17, 15) is 4.79 Å². The first-order valence-corrected chi connectivity index (χ1v) is 6.69. The fourth-order valence-corrected chi connectivity index (χ4v) is 1.97. The van der Waals surface area contributed by atoms with Crippen LogP contribution in [0.1, 0.15) is 37.8 Å². The van der Waals surface area contributed by atoms with E-state index in [1.54, 1.807) is 0 Å². The molecule has 0 bridgehead atoms. The number of hydrogen-bond donors (Lipinski definition) is 1. The minimum absolute atomic E-state index is 0.0246. The Hall–Kier alpha value is -0.730. The molecule has 0 aromatic heterocycles. The van der Waals surface area contributed by atoms with Gasteiger partial charge in [0, 0.05) is 17.3 Å². The molecule has 1 N–H and O–H groups in total. The highest BCUT2D eigenvalue weighted by molar-refractivity contribution is 6.30. The molecule has 0 aliphatic rings. The van der Waals surface area contributed by atoms with E-state index in [2.05, 4.69) is 5.32 Å². The summed E-state index contributed by atoms with van der Waals surface area (Å²) in [5.41, 5.74) is 1.04. The van der Waals surface area contributed by atoms with Gasteiger partial charge in [0.1, 0.15) is 0 Å². The Labute approximate surface area is 112 Å². The van der Waals surface area contributed by atoms with Gasteiger partial charge < -0.3 is 5.32 Å². The molecule has 0 saturated carbocycles. The molecule has 1 amide bonds. The van der Waals surface area contributed by atoms with Crippen LogP contribution < -0.4 is 5.32 Å². The quantitative estimate of drug-likeness (QED) is 0.782. The average molecular weight is 274 g/mol. The van der Waals surface area contributed by atoms with E-state index >= 15 is 0 Å². The van der Waals surface area contributed by atoms with Gasteiger partial charge in [0.15, 0.2) is 0 Å². The minimum Gasteiger partial charge on any atom is -0.349 e. The zero-order chi connectivity index (χ0) is 12.7. The smallest absolute Gasteiger partial charge is 0.220 e. The molecule has 0 radical (unpaired) electrons. The Balaban J connectivity index is 2.62. The van der Waals surface area contributed by atoms with Crippen LogP contribution in [0.15, 0.2) is 24.3 Å². The minimum atomic E-state index is 0.0246. The molecule has 1 aromatic rings. The molecule has 1 aromatic carbocycles. The Bertz CT molecular complexity index is 368. The Morgan fingerprint density at radius 1 is 1.47 bits per heavy atom. The van der Waals surface area contributed by atoms with Crippen molar-refractivity contribution in [1.29, 1.82) is 0 Å². The van der Waals surface area contributed by atoms with Crippen molar-refractivity contribution in [2.24, 2.45) is 0 Å². The van der Waals surface area contributed by atoms with Crippen molar-refractivity contribution in [1.82, 2.24) is 5.32 Å². The summed E-state index contributed by atoms with van der Waals surface area (Å²) in [6, 6.07) is 7.61. The van der Waals surface area contributed by atoms with E-state index in [0.717, 1.165) is 12.0 Å². The summed E-state index contributed by atoms with van der Waals surface area (Å²) in [6.45, 7) is 2.04. The normalized spacial score (nSPS) is 12.2. The molecule has 1 unspecified atom stereocenters. The van der Waals surface area contributed by atoms with E-state index in [1.165, 1.54) is 0 Å². The summed E-state index contributed by atoms with van der Waals surface area (Å²) in [6.07, 6.45) is 2.02. The van der Waals surface area contributed by atoms with Crippen LogP contribution >= 0.6 is 23.2 Å². The second-order valence-electron chi connectivity index (χ2n) is 3.88. The third kappa shape index (κ3) is 4.97. The Morgan fingerprint density at radius 2 is 2.24 bits per heavy atom.